The van der Waals surface area contributed by atoms with Crippen LogP contribution in [0.3, 0.4) is 0 Å². The molecule has 2 fully saturated rings. The maximum atomic E-state index is 13.3. The molecule has 3 rings (SSSR count). The number of hydrogen-bond acceptors (Lipinski definition) is 3. The molecule has 0 saturated carbocycles. The average molecular weight is 343 g/mol. The van der Waals surface area contributed by atoms with Gasteiger partial charge in [0, 0.05) is 19.1 Å². The summed E-state index contributed by atoms with van der Waals surface area (Å²) >= 11 is 0. The van der Waals surface area contributed by atoms with E-state index in [1.54, 1.807) is 12.1 Å². The lowest BCUT2D eigenvalue weighted by Gasteiger charge is -2.27. The Morgan fingerprint density at radius 2 is 2.17 bits per heavy atom. The minimum Gasteiger partial charge on any atom is -0.364 e. The summed E-state index contributed by atoms with van der Waals surface area (Å²) in [6.07, 6.45) is 3.95. The van der Waals surface area contributed by atoms with E-state index >= 15 is 0 Å². The quantitative estimate of drug-likeness (QED) is 0.913. The highest BCUT2D eigenvalue weighted by Gasteiger charge is 2.37. The van der Waals surface area contributed by atoms with E-state index < -0.39 is 0 Å². The number of likely N-dealkylation sites (tertiary alicyclic amines) is 1. The minimum absolute atomic E-state index is 0. The molecule has 0 radical (unpaired) electrons. The summed E-state index contributed by atoms with van der Waals surface area (Å²) in [5.41, 5.74) is 6.55. The number of benzene rings is 1. The van der Waals surface area contributed by atoms with Gasteiger partial charge in [-0.2, -0.15) is 0 Å². The fraction of sp³-hybridized carbons (Fsp3) is 0.588. The van der Waals surface area contributed by atoms with Crippen molar-refractivity contribution in [1.29, 1.82) is 0 Å². The number of halogens is 2. The molecule has 3 atom stereocenters. The van der Waals surface area contributed by atoms with Gasteiger partial charge in [0.25, 0.3) is 5.91 Å². The SMILES string of the molecule is Cl.NC[C@H]1CC[C@@H](C(=O)N2CCCC2Cc2cccc(F)c2)O1. The second-order valence-corrected chi connectivity index (χ2v) is 6.22. The van der Waals surface area contributed by atoms with Crippen LogP contribution in [0.4, 0.5) is 4.39 Å². The van der Waals surface area contributed by atoms with Gasteiger partial charge in [0.1, 0.15) is 11.9 Å². The van der Waals surface area contributed by atoms with Gasteiger partial charge in [-0.15, -0.1) is 12.4 Å². The topological polar surface area (TPSA) is 55.6 Å². The molecule has 0 bridgehead atoms. The van der Waals surface area contributed by atoms with E-state index in [0.717, 1.165) is 37.8 Å². The molecule has 0 spiro atoms. The van der Waals surface area contributed by atoms with Crippen LogP contribution in [0.15, 0.2) is 24.3 Å². The standard InChI is InChI=1S/C17H23FN2O2.ClH/c18-13-4-1-3-12(9-13)10-14-5-2-8-20(14)17(21)16-7-6-15(11-19)22-16;/h1,3-4,9,14-16H,2,5-8,10-11,19H2;1H/t14?,15-,16+;/m1./s1. The van der Waals surface area contributed by atoms with Crippen molar-refractivity contribution in [3.63, 3.8) is 0 Å². The normalized spacial score (nSPS) is 27.0. The maximum absolute atomic E-state index is 13.3. The lowest BCUT2D eigenvalue weighted by atomic mass is 10.0. The predicted molar refractivity (Wildman–Crippen MR) is 89.0 cm³/mol. The van der Waals surface area contributed by atoms with Crippen LogP contribution < -0.4 is 5.73 Å². The van der Waals surface area contributed by atoms with Crippen LogP contribution in [0.1, 0.15) is 31.2 Å². The molecule has 2 aliphatic heterocycles. The molecule has 2 saturated heterocycles. The Bertz CT molecular complexity index is 543. The average Bonchev–Trinajstić information content (AvgIpc) is 3.15. The number of ether oxygens (including phenoxy) is 1. The number of carbonyl (C=O) groups excluding carboxylic acids is 1. The molecule has 23 heavy (non-hydrogen) atoms. The van der Waals surface area contributed by atoms with Crippen molar-refractivity contribution in [2.45, 2.75) is 50.4 Å². The van der Waals surface area contributed by atoms with Crippen LogP contribution >= 0.6 is 12.4 Å². The van der Waals surface area contributed by atoms with Crippen molar-refractivity contribution in [3.05, 3.63) is 35.6 Å². The Hall–Kier alpha value is -1.17. The lowest BCUT2D eigenvalue weighted by Crippen LogP contribution is -2.43. The van der Waals surface area contributed by atoms with Gasteiger partial charge in [0.2, 0.25) is 0 Å². The largest absolute Gasteiger partial charge is 0.364 e. The molecule has 1 aromatic carbocycles. The van der Waals surface area contributed by atoms with Gasteiger partial charge in [-0.25, -0.2) is 4.39 Å². The Morgan fingerprint density at radius 1 is 1.35 bits per heavy atom. The highest BCUT2D eigenvalue weighted by molar-refractivity contribution is 5.85. The molecule has 2 N–H and O–H groups in total. The van der Waals surface area contributed by atoms with Crippen molar-refractivity contribution in [1.82, 2.24) is 4.90 Å². The lowest BCUT2D eigenvalue weighted by molar-refractivity contribution is -0.143. The van der Waals surface area contributed by atoms with Crippen LogP contribution in [0, 0.1) is 5.82 Å². The molecule has 128 valence electrons. The second kappa shape index (κ2) is 8.08. The maximum Gasteiger partial charge on any atom is 0.251 e. The minimum atomic E-state index is -0.346. The smallest absolute Gasteiger partial charge is 0.251 e. The molecule has 4 nitrogen and oxygen atoms in total. The summed E-state index contributed by atoms with van der Waals surface area (Å²) < 4.78 is 19.0. The Kier molecular flexibility index (Phi) is 6.39. The summed E-state index contributed by atoms with van der Waals surface area (Å²) in [4.78, 5) is 14.6. The first-order chi connectivity index (χ1) is 10.7. The van der Waals surface area contributed by atoms with Crippen LogP contribution in [-0.4, -0.2) is 42.1 Å². The zero-order valence-electron chi connectivity index (χ0n) is 13.1. The molecule has 1 unspecified atom stereocenters. The Balaban J connectivity index is 0.00000192. The number of rotatable bonds is 4. The van der Waals surface area contributed by atoms with Gasteiger partial charge in [0.05, 0.1) is 6.10 Å². The fourth-order valence-corrected chi connectivity index (χ4v) is 3.52. The van der Waals surface area contributed by atoms with Gasteiger partial charge in [0.15, 0.2) is 0 Å². The third-order valence-corrected chi connectivity index (χ3v) is 4.67. The molecular formula is C17H24ClFN2O2. The van der Waals surface area contributed by atoms with E-state index in [2.05, 4.69) is 0 Å². The van der Waals surface area contributed by atoms with E-state index in [1.165, 1.54) is 6.07 Å². The van der Waals surface area contributed by atoms with Crippen molar-refractivity contribution in [3.8, 4) is 0 Å². The van der Waals surface area contributed by atoms with Crippen LogP contribution in [0.2, 0.25) is 0 Å². The third-order valence-electron chi connectivity index (χ3n) is 4.67. The highest BCUT2D eigenvalue weighted by atomic mass is 35.5. The van der Waals surface area contributed by atoms with Crippen LogP contribution in [0.25, 0.3) is 0 Å². The number of hydrogen-bond donors (Lipinski definition) is 1. The number of nitrogens with zero attached hydrogens (tertiary/aromatic N) is 1. The van der Waals surface area contributed by atoms with E-state index in [9.17, 15) is 9.18 Å². The predicted octanol–water partition coefficient (Wildman–Crippen LogP) is 2.29. The summed E-state index contributed by atoms with van der Waals surface area (Å²) in [7, 11) is 0. The molecule has 0 aliphatic carbocycles. The monoisotopic (exact) mass is 342 g/mol. The third kappa shape index (κ3) is 4.22. The van der Waals surface area contributed by atoms with Gasteiger partial charge in [-0.05, 0) is 49.8 Å². The van der Waals surface area contributed by atoms with Gasteiger partial charge in [-0.3, -0.25) is 4.79 Å². The molecule has 1 aromatic rings. The number of amides is 1. The first kappa shape index (κ1) is 18.2. The first-order valence-electron chi connectivity index (χ1n) is 8.08. The van der Waals surface area contributed by atoms with Gasteiger partial charge >= 0.3 is 0 Å². The summed E-state index contributed by atoms with van der Waals surface area (Å²) in [5, 5.41) is 0. The molecule has 2 heterocycles. The van der Waals surface area contributed by atoms with E-state index in [4.69, 9.17) is 10.5 Å². The fourth-order valence-electron chi connectivity index (χ4n) is 3.52. The summed E-state index contributed by atoms with van der Waals surface area (Å²) in [6, 6.07) is 6.78. The van der Waals surface area contributed by atoms with Gasteiger partial charge in [-0.1, -0.05) is 12.1 Å². The highest BCUT2D eigenvalue weighted by Crippen LogP contribution is 2.27. The molecule has 6 heteroatoms. The van der Waals surface area contributed by atoms with Gasteiger partial charge < -0.3 is 15.4 Å². The van der Waals surface area contributed by atoms with E-state index in [0.29, 0.717) is 13.0 Å². The Morgan fingerprint density at radius 3 is 2.87 bits per heavy atom. The van der Waals surface area contributed by atoms with E-state index in [-0.39, 0.29) is 42.4 Å². The van der Waals surface area contributed by atoms with Crippen molar-refractivity contribution in [2.24, 2.45) is 5.73 Å². The molecular weight excluding hydrogens is 319 g/mol. The molecule has 2 aliphatic rings. The molecule has 1 amide bonds. The second-order valence-electron chi connectivity index (χ2n) is 6.22. The van der Waals surface area contributed by atoms with Crippen LogP contribution in [-0.2, 0) is 16.0 Å². The first-order valence-corrected chi connectivity index (χ1v) is 8.08. The summed E-state index contributed by atoms with van der Waals surface area (Å²) in [6.45, 7) is 1.24. The van der Waals surface area contributed by atoms with Crippen molar-refractivity contribution in [2.75, 3.05) is 13.1 Å². The zero-order chi connectivity index (χ0) is 15.5. The van der Waals surface area contributed by atoms with E-state index in [1.807, 2.05) is 11.0 Å². The number of nitrogens with two attached hydrogens (primary N) is 1. The van der Waals surface area contributed by atoms with Crippen molar-refractivity contribution < 1.29 is 13.9 Å². The van der Waals surface area contributed by atoms with Crippen LogP contribution in [0.5, 0.6) is 0 Å². The van der Waals surface area contributed by atoms with Crippen molar-refractivity contribution >= 4 is 18.3 Å². The zero-order valence-corrected chi connectivity index (χ0v) is 13.9. The number of carbonyl (C=O) groups is 1. The Labute approximate surface area is 142 Å². The summed E-state index contributed by atoms with van der Waals surface area (Å²) in [5.74, 6) is -0.145. The molecule has 0 aromatic heterocycles.